The average Bonchev–Trinajstić information content (AvgIpc) is 2.92. The monoisotopic (exact) mass is 414 g/mol. The minimum Gasteiger partial charge on any atom is -0.493 e. The Morgan fingerprint density at radius 1 is 1.15 bits per heavy atom. The van der Waals surface area contributed by atoms with Crippen LogP contribution in [0.25, 0.3) is 10.9 Å². The first-order valence-corrected chi connectivity index (χ1v) is 8.49. The van der Waals surface area contributed by atoms with Gasteiger partial charge in [0, 0.05) is 28.0 Å². The summed E-state index contributed by atoms with van der Waals surface area (Å²) in [7, 11) is 0. The number of carbonyl (C=O) groups is 2. The van der Waals surface area contributed by atoms with Crippen molar-refractivity contribution in [1.82, 2.24) is 4.98 Å². The zero-order valence-electron chi connectivity index (χ0n) is 14.0. The van der Waals surface area contributed by atoms with Gasteiger partial charge in [-0.05, 0) is 58.7 Å². The average molecular weight is 415 g/mol. The normalized spacial score (nSPS) is 11.2. The first kappa shape index (κ1) is 17.8. The molecule has 3 rings (SSSR count). The number of H-pyrrole nitrogens is 1. The van der Waals surface area contributed by atoms with Crippen LogP contribution in [0, 0.1) is 6.92 Å². The number of carbonyl (C=O) groups excluding carboxylic acids is 2. The summed E-state index contributed by atoms with van der Waals surface area (Å²) < 4.78 is 0.771. The Morgan fingerprint density at radius 3 is 2.50 bits per heavy atom. The molecule has 1 aromatic heterocycles. The lowest BCUT2D eigenvalue weighted by atomic mass is 10.1. The van der Waals surface area contributed by atoms with E-state index in [1.807, 2.05) is 19.1 Å². The fourth-order valence-corrected chi connectivity index (χ4v) is 3.00. The molecule has 0 fully saturated rings. The van der Waals surface area contributed by atoms with Crippen molar-refractivity contribution in [3.8, 4) is 5.88 Å². The van der Waals surface area contributed by atoms with E-state index in [9.17, 15) is 14.7 Å². The van der Waals surface area contributed by atoms with E-state index in [0.717, 1.165) is 10.0 Å². The Kier molecular flexibility index (Phi) is 4.85. The summed E-state index contributed by atoms with van der Waals surface area (Å²) in [6.45, 7) is 3.32. The molecular weight excluding hydrogens is 400 g/mol. The van der Waals surface area contributed by atoms with Crippen LogP contribution in [0.5, 0.6) is 5.88 Å². The maximum absolute atomic E-state index is 12.2. The number of aromatic amines is 1. The number of rotatable bonds is 3. The molecule has 2 aromatic carbocycles. The molecule has 3 aromatic rings. The van der Waals surface area contributed by atoms with Gasteiger partial charge in [-0.3, -0.25) is 9.59 Å². The third-order valence-corrected chi connectivity index (χ3v) is 4.76. The van der Waals surface area contributed by atoms with Crippen LogP contribution < -0.4 is 5.32 Å². The van der Waals surface area contributed by atoms with Gasteiger partial charge in [-0.1, -0.05) is 6.07 Å². The lowest BCUT2D eigenvalue weighted by Crippen LogP contribution is -2.05. The van der Waals surface area contributed by atoms with E-state index in [2.05, 4.69) is 36.5 Å². The summed E-state index contributed by atoms with van der Waals surface area (Å²) >= 11 is 3.47. The Bertz CT molecular complexity index is 1040. The molecule has 0 radical (unpaired) electrons. The molecule has 132 valence electrons. The number of aromatic hydroxyl groups is 1. The van der Waals surface area contributed by atoms with Crippen molar-refractivity contribution in [2.75, 3.05) is 5.32 Å². The van der Waals surface area contributed by atoms with Crippen molar-refractivity contribution in [3.63, 3.8) is 0 Å². The highest BCUT2D eigenvalue weighted by molar-refractivity contribution is 9.10. The largest absolute Gasteiger partial charge is 0.493 e. The van der Waals surface area contributed by atoms with Crippen LogP contribution in [0.15, 0.2) is 51.1 Å². The van der Waals surface area contributed by atoms with E-state index < -0.39 is 5.91 Å². The lowest BCUT2D eigenvalue weighted by Gasteiger charge is -2.02. The summed E-state index contributed by atoms with van der Waals surface area (Å²) in [4.78, 5) is 26.0. The number of hydrogen-bond acceptors (Lipinski definition) is 4. The molecule has 8 heteroatoms. The second-order valence-electron chi connectivity index (χ2n) is 5.70. The number of nitrogens with zero attached hydrogens (tertiary/aromatic N) is 2. The van der Waals surface area contributed by atoms with Crippen LogP contribution in [-0.4, -0.2) is 21.9 Å². The summed E-state index contributed by atoms with van der Waals surface area (Å²) in [5, 5.41) is 21.0. The zero-order valence-corrected chi connectivity index (χ0v) is 15.6. The summed E-state index contributed by atoms with van der Waals surface area (Å²) in [6.07, 6.45) is 0. The van der Waals surface area contributed by atoms with Crippen molar-refractivity contribution < 1.29 is 14.7 Å². The van der Waals surface area contributed by atoms with Gasteiger partial charge in [0.25, 0.3) is 5.91 Å². The summed E-state index contributed by atoms with van der Waals surface area (Å²) in [5.74, 6) is -0.916. The number of azo groups is 1. The fourth-order valence-electron chi connectivity index (χ4n) is 2.47. The molecule has 0 unspecified atom stereocenters. The fraction of sp³-hybridized carbons (Fsp3) is 0.111. The zero-order chi connectivity index (χ0) is 18.8. The maximum atomic E-state index is 12.2. The number of aromatic nitrogens is 1. The van der Waals surface area contributed by atoms with E-state index >= 15 is 0 Å². The molecule has 0 aliphatic rings. The summed E-state index contributed by atoms with van der Waals surface area (Å²) in [5.41, 5.74) is 2.74. The minimum absolute atomic E-state index is 0.163. The quantitative estimate of drug-likeness (QED) is 0.534. The van der Waals surface area contributed by atoms with Crippen LogP contribution in [0.1, 0.15) is 22.8 Å². The summed E-state index contributed by atoms with van der Waals surface area (Å²) in [6, 6.07) is 10.0. The molecule has 0 aliphatic heterocycles. The standard InChI is InChI=1S/C18H15BrN4O3/c1-9-3-8-13-14(15(9)19)16(18(26)21-13)22-23-17(25)11-4-6-12(7-5-11)20-10(2)24/h3-8,21,26H,1-2H3,(H,20,24). The van der Waals surface area contributed by atoms with Gasteiger partial charge in [0.05, 0.1) is 5.52 Å². The van der Waals surface area contributed by atoms with Crippen molar-refractivity contribution in [2.24, 2.45) is 10.2 Å². The highest BCUT2D eigenvalue weighted by atomic mass is 79.9. The first-order valence-electron chi connectivity index (χ1n) is 7.70. The molecule has 1 heterocycles. The lowest BCUT2D eigenvalue weighted by molar-refractivity contribution is -0.114. The molecule has 0 spiro atoms. The van der Waals surface area contributed by atoms with E-state index in [1.54, 1.807) is 24.3 Å². The molecule has 0 aliphatic carbocycles. The van der Waals surface area contributed by atoms with Crippen molar-refractivity contribution in [3.05, 3.63) is 52.0 Å². The molecule has 0 saturated carbocycles. The van der Waals surface area contributed by atoms with Crippen LogP contribution in [0.2, 0.25) is 0 Å². The smallest absolute Gasteiger partial charge is 0.295 e. The minimum atomic E-state index is -0.558. The van der Waals surface area contributed by atoms with Gasteiger partial charge in [-0.25, -0.2) is 0 Å². The van der Waals surface area contributed by atoms with Crippen LogP contribution in [0.3, 0.4) is 0 Å². The molecule has 3 N–H and O–H groups in total. The third-order valence-electron chi connectivity index (χ3n) is 3.74. The molecule has 0 atom stereocenters. The Morgan fingerprint density at radius 2 is 1.85 bits per heavy atom. The maximum Gasteiger partial charge on any atom is 0.295 e. The van der Waals surface area contributed by atoms with Crippen LogP contribution in [0.4, 0.5) is 11.4 Å². The van der Waals surface area contributed by atoms with Crippen molar-refractivity contribution in [2.45, 2.75) is 13.8 Å². The number of benzene rings is 2. The van der Waals surface area contributed by atoms with Gasteiger partial charge in [-0.15, -0.1) is 10.2 Å². The van der Waals surface area contributed by atoms with Crippen LogP contribution in [-0.2, 0) is 4.79 Å². The van der Waals surface area contributed by atoms with Crippen molar-refractivity contribution in [1.29, 1.82) is 0 Å². The van der Waals surface area contributed by atoms with E-state index in [1.165, 1.54) is 6.92 Å². The van der Waals surface area contributed by atoms with Gasteiger partial charge in [0.1, 0.15) is 0 Å². The number of fused-ring (bicyclic) bond motifs is 1. The van der Waals surface area contributed by atoms with Gasteiger partial charge >= 0.3 is 0 Å². The number of halogens is 1. The number of nitrogens with one attached hydrogen (secondary N) is 2. The molecule has 0 saturated heterocycles. The molecular formula is C18H15BrN4O3. The first-order chi connectivity index (χ1) is 12.4. The highest BCUT2D eigenvalue weighted by Gasteiger charge is 2.15. The predicted molar refractivity (Wildman–Crippen MR) is 102 cm³/mol. The predicted octanol–water partition coefficient (Wildman–Crippen LogP) is 4.83. The second kappa shape index (κ2) is 7.09. The molecule has 26 heavy (non-hydrogen) atoms. The number of aryl methyl sites for hydroxylation is 1. The SMILES string of the molecule is CC(=O)Nc1ccc(C(=O)N=Nc2c(O)[nH]c3ccc(C)c(Br)c23)cc1. The Balaban J connectivity index is 1.89. The van der Waals surface area contributed by atoms with Gasteiger partial charge in [-0.2, -0.15) is 0 Å². The molecule has 7 nitrogen and oxygen atoms in total. The molecule has 2 amide bonds. The van der Waals surface area contributed by atoms with E-state index in [4.69, 9.17) is 0 Å². The van der Waals surface area contributed by atoms with E-state index in [0.29, 0.717) is 22.2 Å². The Labute approximate surface area is 157 Å². The van der Waals surface area contributed by atoms with Crippen molar-refractivity contribution >= 4 is 50.0 Å². The number of amides is 2. The third kappa shape index (κ3) is 3.50. The van der Waals surface area contributed by atoms with Gasteiger partial charge < -0.3 is 15.4 Å². The van der Waals surface area contributed by atoms with Gasteiger partial charge in [0.15, 0.2) is 5.69 Å². The van der Waals surface area contributed by atoms with Crippen LogP contribution >= 0.6 is 15.9 Å². The topological polar surface area (TPSA) is 107 Å². The number of anilines is 1. The second-order valence-corrected chi connectivity index (χ2v) is 6.50. The van der Waals surface area contributed by atoms with E-state index in [-0.39, 0.29) is 17.5 Å². The highest BCUT2D eigenvalue weighted by Crippen LogP contribution is 2.41. The van der Waals surface area contributed by atoms with Gasteiger partial charge in [0.2, 0.25) is 11.8 Å². The molecule has 0 bridgehead atoms. The Hall–Kier alpha value is -3.00. The number of hydrogen-bond donors (Lipinski definition) is 3.